The number of nitrogens with one attached hydrogen (secondary N) is 1. The maximum atomic E-state index is 12.3. The molecule has 0 spiro atoms. The Morgan fingerprint density at radius 2 is 2.38 bits per heavy atom. The summed E-state index contributed by atoms with van der Waals surface area (Å²) < 4.78 is 6.40. The molecule has 0 radical (unpaired) electrons. The van der Waals surface area contributed by atoms with Gasteiger partial charge in [-0.1, -0.05) is 11.6 Å². The Bertz CT molecular complexity index is 660. The van der Waals surface area contributed by atoms with Gasteiger partial charge < -0.3 is 15.8 Å². The zero-order valence-corrected chi connectivity index (χ0v) is 13.0. The first-order chi connectivity index (χ1) is 10.1. The van der Waals surface area contributed by atoms with E-state index in [1.165, 1.54) is 11.3 Å². The van der Waals surface area contributed by atoms with Crippen molar-refractivity contribution in [2.75, 3.05) is 25.5 Å². The molecule has 1 aliphatic rings. The van der Waals surface area contributed by atoms with Crippen LogP contribution in [0.25, 0.3) is 10.1 Å². The van der Waals surface area contributed by atoms with Gasteiger partial charge in [0, 0.05) is 29.8 Å². The molecule has 0 bridgehead atoms. The number of ether oxygens (including phenoxy) is 1. The normalized spacial score (nSPS) is 18.2. The summed E-state index contributed by atoms with van der Waals surface area (Å²) in [6.07, 6.45) is 2.07. The minimum Gasteiger partial charge on any atom is -0.397 e. The second kappa shape index (κ2) is 6.03. The van der Waals surface area contributed by atoms with Crippen molar-refractivity contribution in [1.29, 1.82) is 0 Å². The SMILES string of the molecule is Cc1ccc2sc(C(=O)NCCC3CCOC3)c(N)c2c1. The molecule has 1 amide bonds. The van der Waals surface area contributed by atoms with E-state index in [4.69, 9.17) is 10.5 Å². The van der Waals surface area contributed by atoms with Gasteiger partial charge in [0.25, 0.3) is 5.91 Å². The maximum absolute atomic E-state index is 12.3. The zero-order valence-electron chi connectivity index (χ0n) is 12.1. The molecule has 2 aromatic rings. The van der Waals surface area contributed by atoms with Crippen LogP contribution < -0.4 is 11.1 Å². The number of hydrogen-bond donors (Lipinski definition) is 2. The summed E-state index contributed by atoms with van der Waals surface area (Å²) in [5.74, 6) is 0.512. The van der Waals surface area contributed by atoms with Crippen molar-refractivity contribution >= 4 is 33.0 Å². The largest absolute Gasteiger partial charge is 0.397 e. The Morgan fingerprint density at radius 3 is 3.14 bits per heavy atom. The highest BCUT2D eigenvalue weighted by atomic mass is 32.1. The highest BCUT2D eigenvalue weighted by molar-refractivity contribution is 7.21. The quantitative estimate of drug-likeness (QED) is 0.913. The number of carbonyl (C=O) groups excluding carboxylic acids is 1. The number of aryl methyl sites for hydroxylation is 1. The van der Waals surface area contributed by atoms with Crippen LogP contribution in [-0.4, -0.2) is 25.7 Å². The van der Waals surface area contributed by atoms with Crippen molar-refractivity contribution in [3.63, 3.8) is 0 Å². The number of nitrogens with two attached hydrogens (primary N) is 1. The monoisotopic (exact) mass is 304 g/mol. The lowest BCUT2D eigenvalue weighted by molar-refractivity contribution is 0.0955. The highest BCUT2D eigenvalue weighted by Crippen LogP contribution is 2.34. The van der Waals surface area contributed by atoms with Crippen molar-refractivity contribution in [2.24, 2.45) is 5.92 Å². The average Bonchev–Trinajstić information content (AvgIpc) is 3.08. The van der Waals surface area contributed by atoms with Crippen molar-refractivity contribution in [1.82, 2.24) is 5.32 Å². The van der Waals surface area contributed by atoms with Crippen LogP contribution in [-0.2, 0) is 4.74 Å². The van der Waals surface area contributed by atoms with Crippen molar-refractivity contribution in [3.8, 4) is 0 Å². The molecule has 4 nitrogen and oxygen atoms in total. The molecular formula is C16H20N2O2S. The summed E-state index contributed by atoms with van der Waals surface area (Å²) in [5.41, 5.74) is 7.88. The molecule has 1 fully saturated rings. The van der Waals surface area contributed by atoms with Gasteiger partial charge in [-0.2, -0.15) is 0 Å². The topological polar surface area (TPSA) is 64.3 Å². The molecule has 1 saturated heterocycles. The van der Waals surface area contributed by atoms with Gasteiger partial charge in [-0.05, 0) is 37.8 Å². The highest BCUT2D eigenvalue weighted by Gasteiger charge is 2.18. The van der Waals surface area contributed by atoms with Gasteiger partial charge in [0.1, 0.15) is 4.88 Å². The molecule has 21 heavy (non-hydrogen) atoms. The number of hydrogen-bond acceptors (Lipinski definition) is 4. The first-order valence-corrected chi connectivity index (χ1v) is 8.11. The number of nitrogen functional groups attached to an aromatic ring is 1. The standard InChI is InChI=1S/C16H20N2O2S/c1-10-2-3-13-12(8-10)14(17)15(21-13)16(19)18-6-4-11-5-7-20-9-11/h2-3,8,11H,4-7,9,17H2,1H3,(H,18,19). The van der Waals surface area contributed by atoms with E-state index in [0.29, 0.717) is 23.0 Å². The molecular weight excluding hydrogens is 284 g/mol. The molecule has 0 aliphatic carbocycles. The van der Waals surface area contributed by atoms with Gasteiger partial charge in [-0.25, -0.2) is 0 Å². The molecule has 1 atom stereocenters. The summed E-state index contributed by atoms with van der Waals surface area (Å²) in [7, 11) is 0. The first-order valence-electron chi connectivity index (χ1n) is 7.29. The number of benzene rings is 1. The number of amides is 1. The van der Waals surface area contributed by atoms with Crippen LogP contribution in [0, 0.1) is 12.8 Å². The zero-order chi connectivity index (χ0) is 14.8. The van der Waals surface area contributed by atoms with Gasteiger partial charge in [-0.3, -0.25) is 4.79 Å². The van der Waals surface area contributed by atoms with Crippen LogP contribution in [0.5, 0.6) is 0 Å². The van der Waals surface area contributed by atoms with Crippen molar-refractivity contribution in [3.05, 3.63) is 28.6 Å². The second-order valence-electron chi connectivity index (χ2n) is 5.62. The average molecular weight is 304 g/mol. The molecule has 1 unspecified atom stereocenters. The molecule has 3 rings (SSSR count). The van der Waals surface area contributed by atoms with E-state index >= 15 is 0 Å². The minimum absolute atomic E-state index is 0.0646. The van der Waals surface area contributed by atoms with Gasteiger partial charge in [0.15, 0.2) is 0 Å². The van der Waals surface area contributed by atoms with E-state index in [-0.39, 0.29) is 5.91 Å². The molecule has 0 saturated carbocycles. The van der Waals surface area contributed by atoms with E-state index in [1.807, 2.05) is 25.1 Å². The van der Waals surface area contributed by atoms with Crippen LogP contribution in [0.3, 0.4) is 0 Å². The van der Waals surface area contributed by atoms with Crippen molar-refractivity contribution < 1.29 is 9.53 Å². The molecule has 1 aromatic carbocycles. The predicted octanol–water partition coefficient (Wildman–Crippen LogP) is 2.95. The molecule has 3 N–H and O–H groups in total. The lowest BCUT2D eigenvalue weighted by Gasteiger charge is -2.08. The smallest absolute Gasteiger partial charge is 0.263 e. The van der Waals surface area contributed by atoms with Gasteiger partial charge in [0.05, 0.1) is 5.69 Å². The van der Waals surface area contributed by atoms with Crippen molar-refractivity contribution in [2.45, 2.75) is 19.8 Å². The fraction of sp³-hybridized carbons (Fsp3) is 0.438. The Balaban J connectivity index is 1.67. The number of thiophene rings is 1. The number of carbonyl (C=O) groups is 1. The fourth-order valence-corrected chi connectivity index (χ4v) is 3.70. The summed E-state index contributed by atoms with van der Waals surface area (Å²) in [5, 5.41) is 3.96. The van der Waals surface area contributed by atoms with Crippen LogP contribution in [0.2, 0.25) is 0 Å². The van der Waals surface area contributed by atoms with Gasteiger partial charge >= 0.3 is 0 Å². The molecule has 1 aliphatic heterocycles. The van der Waals surface area contributed by atoms with Gasteiger partial charge in [0.2, 0.25) is 0 Å². The van der Waals surface area contributed by atoms with E-state index in [9.17, 15) is 4.79 Å². The Kier molecular flexibility index (Phi) is 4.12. The number of fused-ring (bicyclic) bond motifs is 1. The molecule has 5 heteroatoms. The summed E-state index contributed by atoms with van der Waals surface area (Å²) in [6, 6.07) is 6.10. The molecule has 112 valence electrons. The van der Waals surface area contributed by atoms with Gasteiger partial charge in [-0.15, -0.1) is 11.3 Å². The maximum Gasteiger partial charge on any atom is 0.263 e. The number of anilines is 1. The van der Waals surface area contributed by atoms with E-state index < -0.39 is 0 Å². The summed E-state index contributed by atoms with van der Waals surface area (Å²) in [6.45, 7) is 4.38. The van der Waals surface area contributed by atoms with Crippen LogP contribution in [0.1, 0.15) is 28.1 Å². The number of rotatable bonds is 4. The predicted molar refractivity (Wildman–Crippen MR) is 86.9 cm³/mol. The minimum atomic E-state index is -0.0646. The van der Waals surface area contributed by atoms with E-state index in [0.717, 1.165) is 41.7 Å². The fourth-order valence-electron chi connectivity index (χ4n) is 2.68. The van der Waals surface area contributed by atoms with Crippen LogP contribution in [0.15, 0.2) is 18.2 Å². The molecule has 1 aromatic heterocycles. The Labute approximate surface area is 128 Å². The summed E-state index contributed by atoms with van der Waals surface area (Å²) in [4.78, 5) is 12.9. The van der Waals surface area contributed by atoms with E-state index in [2.05, 4.69) is 5.32 Å². The lowest BCUT2D eigenvalue weighted by Crippen LogP contribution is -2.25. The molecule has 2 heterocycles. The lowest BCUT2D eigenvalue weighted by atomic mass is 10.1. The third-order valence-electron chi connectivity index (χ3n) is 3.95. The van der Waals surface area contributed by atoms with E-state index in [1.54, 1.807) is 0 Å². The second-order valence-corrected chi connectivity index (χ2v) is 6.67. The van der Waals surface area contributed by atoms with Crippen LogP contribution in [0.4, 0.5) is 5.69 Å². The Hall–Kier alpha value is -1.59. The van der Waals surface area contributed by atoms with Crippen LogP contribution >= 0.6 is 11.3 Å². The summed E-state index contributed by atoms with van der Waals surface area (Å²) >= 11 is 1.46. The third-order valence-corrected chi connectivity index (χ3v) is 5.14. The Morgan fingerprint density at radius 1 is 1.52 bits per heavy atom. The third kappa shape index (κ3) is 3.04. The first kappa shape index (κ1) is 14.4.